The second-order valence-electron chi connectivity index (χ2n) is 4.85. The predicted molar refractivity (Wildman–Crippen MR) is 78.3 cm³/mol. The Morgan fingerprint density at radius 2 is 2.14 bits per heavy atom. The zero-order valence-electron chi connectivity index (χ0n) is 11.4. The van der Waals surface area contributed by atoms with Crippen LogP contribution < -0.4 is 10.2 Å². The Hall–Kier alpha value is -2.28. The Bertz CT molecular complexity index is 757. The van der Waals surface area contributed by atoms with Gasteiger partial charge in [0.2, 0.25) is 0 Å². The molecule has 0 bridgehead atoms. The standard InChI is InChI=1S/C14H12FN3O2S/c1-7-16-8(6-21-7)5-18(2)12-4-11-9(3-10(12)15)13(19)14(20)17-11/h3-4,6H,5H2,1-2H3,(H,17,19,20). The van der Waals surface area contributed by atoms with E-state index in [9.17, 15) is 14.0 Å². The number of nitrogens with zero attached hydrogens (tertiary/aromatic N) is 2. The van der Waals surface area contributed by atoms with Gasteiger partial charge < -0.3 is 10.2 Å². The third-order valence-corrected chi connectivity index (χ3v) is 4.09. The van der Waals surface area contributed by atoms with Crippen LogP contribution in [0.15, 0.2) is 17.5 Å². The van der Waals surface area contributed by atoms with Crippen molar-refractivity contribution in [1.29, 1.82) is 0 Å². The lowest BCUT2D eigenvalue weighted by molar-refractivity contribution is -0.112. The van der Waals surface area contributed by atoms with Crippen molar-refractivity contribution >= 4 is 34.4 Å². The number of carbonyl (C=O) groups is 2. The zero-order valence-corrected chi connectivity index (χ0v) is 12.3. The topological polar surface area (TPSA) is 62.3 Å². The van der Waals surface area contributed by atoms with Crippen LogP contribution in [0.5, 0.6) is 0 Å². The molecule has 0 unspecified atom stereocenters. The summed E-state index contributed by atoms with van der Waals surface area (Å²) in [5.74, 6) is -1.96. The molecule has 0 fully saturated rings. The van der Waals surface area contributed by atoms with Crippen molar-refractivity contribution in [2.45, 2.75) is 13.5 Å². The lowest BCUT2D eigenvalue weighted by Crippen LogP contribution is -2.18. The molecule has 0 radical (unpaired) electrons. The molecule has 2 heterocycles. The average molecular weight is 305 g/mol. The van der Waals surface area contributed by atoms with Crippen LogP contribution in [0.3, 0.4) is 0 Å². The largest absolute Gasteiger partial charge is 0.366 e. The molecule has 1 aliphatic heterocycles. The number of Topliss-reactive ketones (excluding diaryl/α,β-unsaturated/α-hetero) is 1. The van der Waals surface area contributed by atoms with Crippen molar-refractivity contribution in [2.75, 3.05) is 17.3 Å². The highest BCUT2D eigenvalue weighted by molar-refractivity contribution is 7.09. The highest BCUT2D eigenvalue weighted by atomic mass is 32.1. The molecule has 5 nitrogen and oxygen atoms in total. The maximum atomic E-state index is 14.2. The highest BCUT2D eigenvalue weighted by Crippen LogP contribution is 2.31. The van der Waals surface area contributed by atoms with Gasteiger partial charge in [0, 0.05) is 12.4 Å². The summed E-state index contributed by atoms with van der Waals surface area (Å²) < 4.78 is 14.2. The van der Waals surface area contributed by atoms with Gasteiger partial charge in [-0.3, -0.25) is 9.59 Å². The zero-order chi connectivity index (χ0) is 15.1. The minimum Gasteiger partial charge on any atom is -0.366 e. The number of amides is 1. The number of nitrogens with one attached hydrogen (secondary N) is 1. The number of hydrogen-bond acceptors (Lipinski definition) is 5. The minimum atomic E-state index is -0.723. The van der Waals surface area contributed by atoms with Crippen molar-refractivity contribution in [3.63, 3.8) is 0 Å². The van der Waals surface area contributed by atoms with Gasteiger partial charge in [0.15, 0.2) is 0 Å². The Morgan fingerprint density at radius 1 is 1.38 bits per heavy atom. The number of rotatable bonds is 3. The first kappa shape index (κ1) is 13.7. The SMILES string of the molecule is Cc1nc(CN(C)c2cc3c(cc2F)C(=O)C(=O)N3)cs1. The summed E-state index contributed by atoms with van der Waals surface area (Å²) in [6, 6.07) is 2.58. The lowest BCUT2D eigenvalue weighted by atomic mass is 10.1. The number of thiazole rings is 1. The molecular formula is C14H12FN3O2S. The molecule has 7 heteroatoms. The molecule has 0 atom stereocenters. The van der Waals surface area contributed by atoms with Crippen molar-refractivity contribution in [3.8, 4) is 0 Å². The van der Waals surface area contributed by atoms with E-state index in [1.165, 1.54) is 17.4 Å². The monoisotopic (exact) mass is 305 g/mol. The number of hydrogen-bond donors (Lipinski definition) is 1. The second kappa shape index (κ2) is 4.92. The number of benzene rings is 1. The van der Waals surface area contributed by atoms with Crippen LogP contribution in [-0.4, -0.2) is 23.7 Å². The van der Waals surface area contributed by atoms with Gasteiger partial charge in [0.25, 0.3) is 11.7 Å². The summed E-state index contributed by atoms with van der Waals surface area (Å²) in [7, 11) is 1.73. The predicted octanol–water partition coefficient (Wildman–Crippen LogP) is 2.36. The first-order chi connectivity index (χ1) is 9.95. The molecule has 0 saturated carbocycles. The van der Waals surface area contributed by atoms with Crippen LogP contribution in [0.25, 0.3) is 0 Å². The number of aromatic nitrogens is 1. The maximum absolute atomic E-state index is 14.2. The van der Waals surface area contributed by atoms with Gasteiger partial charge in [0.05, 0.1) is 34.2 Å². The fourth-order valence-electron chi connectivity index (χ4n) is 2.26. The maximum Gasteiger partial charge on any atom is 0.296 e. The van der Waals surface area contributed by atoms with Crippen LogP contribution in [-0.2, 0) is 11.3 Å². The number of carbonyl (C=O) groups excluding carboxylic acids is 2. The molecule has 0 aliphatic carbocycles. The van der Waals surface area contributed by atoms with E-state index in [1.54, 1.807) is 11.9 Å². The normalized spacial score (nSPS) is 13.3. The van der Waals surface area contributed by atoms with E-state index in [0.29, 0.717) is 17.9 Å². The molecule has 2 aromatic rings. The van der Waals surface area contributed by atoms with Gasteiger partial charge in [-0.05, 0) is 19.1 Å². The molecule has 1 amide bonds. The first-order valence-corrected chi connectivity index (χ1v) is 7.15. The van der Waals surface area contributed by atoms with Crippen molar-refractivity contribution in [1.82, 2.24) is 4.98 Å². The fraction of sp³-hybridized carbons (Fsp3) is 0.214. The first-order valence-electron chi connectivity index (χ1n) is 6.27. The molecule has 0 saturated heterocycles. The Balaban J connectivity index is 1.91. The van der Waals surface area contributed by atoms with Gasteiger partial charge in [-0.15, -0.1) is 11.3 Å². The summed E-state index contributed by atoms with van der Waals surface area (Å²) in [5.41, 5.74) is 1.59. The van der Waals surface area contributed by atoms with E-state index in [-0.39, 0.29) is 5.56 Å². The van der Waals surface area contributed by atoms with Crippen LogP contribution in [0.2, 0.25) is 0 Å². The number of halogens is 1. The van der Waals surface area contributed by atoms with E-state index in [4.69, 9.17) is 0 Å². The van der Waals surface area contributed by atoms with Gasteiger partial charge in [-0.2, -0.15) is 0 Å². The summed E-state index contributed by atoms with van der Waals surface area (Å²) in [6.45, 7) is 2.35. The van der Waals surface area contributed by atoms with Gasteiger partial charge >= 0.3 is 0 Å². The molecule has 1 aromatic carbocycles. The van der Waals surface area contributed by atoms with Gasteiger partial charge in [0.1, 0.15) is 5.82 Å². The second-order valence-corrected chi connectivity index (χ2v) is 5.91. The van der Waals surface area contributed by atoms with Crippen LogP contribution in [0.1, 0.15) is 21.1 Å². The summed E-state index contributed by atoms with van der Waals surface area (Å²) in [5, 5.41) is 5.31. The van der Waals surface area contributed by atoms with Crippen molar-refractivity contribution in [2.24, 2.45) is 0 Å². The van der Waals surface area contributed by atoms with Crippen LogP contribution >= 0.6 is 11.3 Å². The van der Waals surface area contributed by atoms with Crippen molar-refractivity contribution in [3.05, 3.63) is 39.6 Å². The average Bonchev–Trinajstić information content (AvgIpc) is 2.95. The minimum absolute atomic E-state index is 0.0825. The molecule has 1 N–H and O–H groups in total. The number of anilines is 2. The van der Waals surface area contributed by atoms with Crippen LogP contribution in [0, 0.1) is 12.7 Å². The molecule has 0 spiro atoms. The summed E-state index contributed by atoms with van der Waals surface area (Å²) in [4.78, 5) is 28.9. The molecule has 21 heavy (non-hydrogen) atoms. The van der Waals surface area contributed by atoms with E-state index in [0.717, 1.165) is 16.8 Å². The smallest absolute Gasteiger partial charge is 0.296 e. The molecular weight excluding hydrogens is 293 g/mol. The Kier molecular flexibility index (Phi) is 3.21. The molecule has 1 aromatic heterocycles. The van der Waals surface area contributed by atoms with E-state index < -0.39 is 17.5 Å². The third kappa shape index (κ3) is 2.40. The number of aryl methyl sites for hydroxylation is 1. The molecule has 108 valence electrons. The summed E-state index contributed by atoms with van der Waals surface area (Å²) in [6.07, 6.45) is 0. The molecule has 3 rings (SSSR count). The highest BCUT2D eigenvalue weighted by Gasteiger charge is 2.30. The third-order valence-electron chi connectivity index (χ3n) is 3.26. The number of ketones is 1. The number of fused-ring (bicyclic) bond motifs is 1. The van der Waals surface area contributed by atoms with Crippen LogP contribution in [0.4, 0.5) is 15.8 Å². The van der Waals surface area contributed by atoms with Gasteiger partial charge in [-0.1, -0.05) is 0 Å². The quantitative estimate of drug-likeness (QED) is 0.884. The van der Waals surface area contributed by atoms with Gasteiger partial charge in [-0.25, -0.2) is 9.37 Å². The summed E-state index contributed by atoms with van der Waals surface area (Å²) >= 11 is 1.53. The molecule has 1 aliphatic rings. The lowest BCUT2D eigenvalue weighted by Gasteiger charge is -2.19. The van der Waals surface area contributed by atoms with E-state index >= 15 is 0 Å². The van der Waals surface area contributed by atoms with E-state index in [2.05, 4.69) is 10.3 Å². The Morgan fingerprint density at radius 3 is 2.81 bits per heavy atom. The fourth-order valence-corrected chi connectivity index (χ4v) is 2.86. The van der Waals surface area contributed by atoms with Crippen molar-refractivity contribution < 1.29 is 14.0 Å². The van der Waals surface area contributed by atoms with E-state index in [1.807, 2.05) is 12.3 Å². The Labute approximate surface area is 124 Å².